The molecule has 1 saturated heterocycles. The molecule has 0 radical (unpaired) electrons. The van der Waals surface area contributed by atoms with Gasteiger partial charge in [0.1, 0.15) is 0 Å². The molecule has 146 valence electrons. The van der Waals surface area contributed by atoms with Gasteiger partial charge in [-0.15, -0.1) is 0 Å². The third-order valence-electron chi connectivity index (χ3n) is 4.44. The first-order chi connectivity index (χ1) is 13.4. The van der Waals surface area contributed by atoms with Crippen molar-refractivity contribution >= 4 is 11.7 Å². The lowest BCUT2D eigenvalue weighted by Gasteiger charge is -2.36. The van der Waals surface area contributed by atoms with Gasteiger partial charge in [-0.25, -0.2) is 4.79 Å². The Labute approximate surface area is 161 Å². The van der Waals surface area contributed by atoms with Gasteiger partial charge in [0.05, 0.1) is 12.1 Å². The summed E-state index contributed by atoms with van der Waals surface area (Å²) >= 11 is 0. The Morgan fingerprint density at radius 3 is 2.39 bits per heavy atom. The van der Waals surface area contributed by atoms with Crippen molar-refractivity contribution in [1.82, 2.24) is 10.2 Å². The highest BCUT2D eigenvalue weighted by molar-refractivity contribution is 5.75. The number of carbonyl (C=O) groups excluding carboxylic acids is 1. The molecule has 0 spiro atoms. The van der Waals surface area contributed by atoms with Crippen molar-refractivity contribution in [2.24, 2.45) is 0 Å². The molecule has 1 aliphatic heterocycles. The summed E-state index contributed by atoms with van der Waals surface area (Å²) in [4.78, 5) is 15.7. The van der Waals surface area contributed by atoms with Gasteiger partial charge in [0.15, 0.2) is 0 Å². The molecule has 3 rings (SSSR count). The molecule has 1 N–H and O–H groups in total. The van der Waals surface area contributed by atoms with E-state index in [4.69, 9.17) is 0 Å². The Balaban J connectivity index is 1.49. The van der Waals surface area contributed by atoms with Gasteiger partial charge < -0.3 is 15.1 Å². The van der Waals surface area contributed by atoms with Crippen LogP contribution in [0.1, 0.15) is 11.1 Å². The van der Waals surface area contributed by atoms with E-state index < -0.39 is 11.7 Å². The predicted molar refractivity (Wildman–Crippen MR) is 102 cm³/mol. The average Bonchev–Trinajstić information content (AvgIpc) is 2.71. The van der Waals surface area contributed by atoms with E-state index in [9.17, 15) is 18.0 Å². The topological polar surface area (TPSA) is 35.6 Å². The van der Waals surface area contributed by atoms with Gasteiger partial charge in [0.25, 0.3) is 0 Å². The van der Waals surface area contributed by atoms with Gasteiger partial charge in [-0.3, -0.25) is 0 Å². The second kappa shape index (κ2) is 8.70. The quantitative estimate of drug-likeness (QED) is 0.800. The molecule has 2 amide bonds. The summed E-state index contributed by atoms with van der Waals surface area (Å²) in [5, 5.41) is 2.75. The minimum atomic E-state index is -4.36. The molecule has 1 fully saturated rings. The van der Waals surface area contributed by atoms with Crippen LogP contribution in [0.2, 0.25) is 0 Å². The van der Waals surface area contributed by atoms with Crippen molar-refractivity contribution < 1.29 is 18.0 Å². The van der Waals surface area contributed by atoms with Crippen molar-refractivity contribution in [1.29, 1.82) is 0 Å². The summed E-state index contributed by atoms with van der Waals surface area (Å²) in [6.45, 7) is 2.07. The van der Waals surface area contributed by atoms with E-state index >= 15 is 0 Å². The fourth-order valence-corrected chi connectivity index (χ4v) is 2.95. The van der Waals surface area contributed by atoms with E-state index in [2.05, 4.69) is 17.2 Å². The van der Waals surface area contributed by atoms with Crippen molar-refractivity contribution in [2.45, 2.75) is 6.18 Å². The van der Waals surface area contributed by atoms with Gasteiger partial charge in [-0.05, 0) is 30.3 Å². The van der Waals surface area contributed by atoms with Gasteiger partial charge in [0.2, 0.25) is 0 Å². The molecule has 2 aromatic rings. The lowest BCUT2D eigenvalue weighted by atomic mass is 10.1. The molecule has 28 heavy (non-hydrogen) atoms. The minimum absolute atomic E-state index is 0.217. The van der Waals surface area contributed by atoms with E-state index in [0.29, 0.717) is 31.9 Å². The maximum Gasteiger partial charge on any atom is 0.416 e. The molecular formula is C21H20F3N3O. The molecule has 0 bridgehead atoms. The summed E-state index contributed by atoms with van der Waals surface area (Å²) in [7, 11) is 0. The fourth-order valence-electron chi connectivity index (χ4n) is 2.95. The van der Waals surface area contributed by atoms with Gasteiger partial charge in [-0.2, -0.15) is 13.2 Å². The Morgan fingerprint density at radius 2 is 1.71 bits per heavy atom. The smallest absolute Gasteiger partial charge is 0.368 e. The molecule has 0 unspecified atom stereocenters. The highest BCUT2D eigenvalue weighted by Gasteiger charge is 2.31. The van der Waals surface area contributed by atoms with Gasteiger partial charge in [0, 0.05) is 37.4 Å². The van der Waals surface area contributed by atoms with Gasteiger partial charge in [-0.1, -0.05) is 36.1 Å². The number of hydrogen-bond acceptors (Lipinski definition) is 2. The van der Waals surface area contributed by atoms with Crippen LogP contribution in [0.4, 0.5) is 23.7 Å². The zero-order chi connectivity index (χ0) is 20.0. The third kappa shape index (κ3) is 5.19. The Hall–Kier alpha value is -3.14. The van der Waals surface area contributed by atoms with Crippen LogP contribution in [0, 0.1) is 11.8 Å². The number of halogens is 3. The second-order valence-electron chi connectivity index (χ2n) is 6.35. The van der Waals surface area contributed by atoms with Crippen LogP contribution in [0.15, 0.2) is 54.6 Å². The third-order valence-corrected chi connectivity index (χ3v) is 4.44. The number of rotatable bonds is 2. The van der Waals surface area contributed by atoms with Crippen LogP contribution in [0.5, 0.6) is 0 Å². The Bertz CT molecular complexity index is 864. The summed E-state index contributed by atoms with van der Waals surface area (Å²) in [5.41, 5.74) is 0.734. The maximum absolute atomic E-state index is 12.9. The highest BCUT2D eigenvalue weighted by Crippen LogP contribution is 2.31. The molecule has 0 aliphatic carbocycles. The molecule has 1 aliphatic rings. The number of amides is 2. The molecular weight excluding hydrogens is 367 g/mol. The summed E-state index contributed by atoms with van der Waals surface area (Å²) in [6, 6.07) is 14.5. The zero-order valence-electron chi connectivity index (χ0n) is 15.2. The van der Waals surface area contributed by atoms with E-state index in [0.717, 1.165) is 17.7 Å². The van der Waals surface area contributed by atoms with E-state index in [1.807, 2.05) is 35.2 Å². The second-order valence-corrected chi connectivity index (χ2v) is 6.35. The van der Waals surface area contributed by atoms with E-state index in [1.165, 1.54) is 6.07 Å². The number of nitrogens with zero attached hydrogens (tertiary/aromatic N) is 2. The van der Waals surface area contributed by atoms with Crippen molar-refractivity contribution in [2.75, 3.05) is 37.6 Å². The predicted octanol–water partition coefficient (Wildman–Crippen LogP) is 3.59. The van der Waals surface area contributed by atoms with Crippen LogP contribution in [0.25, 0.3) is 0 Å². The minimum Gasteiger partial charge on any atom is -0.368 e. The first-order valence-electron chi connectivity index (χ1n) is 8.92. The largest absolute Gasteiger partial charge is 0.416 e. The number of hydrogen-bond donors (Lipinski definition) is 1. The zero-order valence-corrected chi connectivity index (χ0v) is 15.2. The number of urea groups is 1. The normalized spacial score (nSPS) is 14.2. The molecule has 7 heteroatoms. The molecule has 0 aromatic heterocycles. The fraction of sp³-hybridized carbons (Fsp3) is 0.286. The molecule has 2 aromatic carbocycles. The monoisotopic (exact) mass is 387 g/mol. The first-order valence-corrected chi connectivity index (χ1v) is 8.92. The maximum atomic E-state index is 12.9. The number of alkyl halides is 3. The summed E-state index contributed by atoms with van der Waals surface area (Å²) in [6.07, 6.45) is -4.36. The van der Waals surface area contributed by atoms with Crippen LogP contribution >= 0.6 is 0 Å². The van der Waals surface area contributed by atoms with Crippen molar-refractivity contribution in [3.05, 3.63) is 65.7 Å². The number of benzene rings is 2. The molecule has 1 heterocycles. The van der Waals surface area contributed by atoms with Crippen molar-refractivity contribution in [3.63, 3.8) is 0 Å². The Kier molecular flexibility index (Phi) is 6.09. The molecule has 4 nitrogen and oxygen atoms in total. The van der Waals surface area contributed by atoms with E-state index in [1.54, 1.807) is 11.0 Å². The average molecular weight is 387 g/mol. The number of piperazine rings is 1. The summed E-state index contributed by atoms with van der Waals surface area (Å²) < 4.78 is 38.6. The van der Waals surface area contributed by atoms with Gasteiger partial charge >= 0.3 is 12.2 Å². The Morgan fingerprint density at radius 1 is 1.00 bits per heavy atom. The van der Waals surface area contributed by atoms with Crippen molar-refractivity contribution in [3.8, 4) is 11.8 Å². The summed E-state index contributed by atoms with van der Waals surface area (Å²) in [5.74, 6) is 5.87. The van der Waals surface area contributed by atoms with Crippen LogP contribution in [-0.2, 0) is 6.18 Å². The number of anilines is 1. The molecule has 0 atom stereocenters. The number of carbonyl (C=O) groups is 1. The van der Waals surface area contributed by atoms with E-state index in [-0.39, 0.29) is 12.6 Å². The highest BCUT2D eigenvalue weighted by atomic mass is 19.4. The standard InChI is InChI=1S/C21H20F3N3O/c22-21(23,24)18-9-4-10-19(16-18)26-12-14-27(15-13-26)20(28)25-11-5-8-17-6-2-1-3-7-17/h1-4,6-7,9-10,16H,11-15H2,(H,25,28). The number of nitrogens with one attached hydrogen (secondary N) is 1. The van der Waals surface area contributed by atoms with Crippen LogP contribution in [0.3, 0.4) is 0 Å². The van der Waals surface area contributed by atoms with Crippen LogP contribution < -0.4 is 10.2 Å². The van der Waals surface area contributed by atoms with Crippen LogP contribution in [-0.4, -0.2) is 43.7 Å². The first kappa shape index (κ1) is 19.6. The SMILES string of the molecule is O=C(NCC#Cc1ccccc1)N1CCN(c2cccc(C(F)(F)F)c2)CC1. The lowest BCUT2D eigenvalue weighted by Crippen LogP contribution is -2.52. The molecule has 0 saturated carbocycles. The lowest BCUT2D eigenvalue weighted by molar-refractivity contribution is -0.137.